The molecule has 0 bridgehead atoms. The minimum Gasteiger partial charge on any atom is -0.329 e. The van der Waals surface area contributed by atoms with Gasteiger partial charge < -0.3 is 11.1 Å². The molecule has 1 fully saturated rings. The van der Waals surface area contributed by atoms with E-state index >= 15 is 0 Å². The number of rotatable bonds is 6. The van der Waals surface area contributed by atoms with Gasteiger partial charge in [-0.15, -0.1) is 0 Å². The van der Waals surface area contributed by atoms with Crippen LogP contribution in [0.3, 0.4) is 0 Å². The average Bonchev–Trinajstić information content (AvgIpc) is 3.29. The monoisotopic (exact) mass is 438 g/mol. The molecule has 6 nitrogen and oxygen atoms in total. The highest BCUT2D eigenvalue weighted by atomic mass is 35.5. The summed E-state index contributed by atoms with van der Waals surface area (Å²) in [7, 11) is 0. The first-order valence-electron chi connectivity index (χ1n) is 9.90. The highest BCUT2D eigenvalue weighted by Gasteiger charge is 2.31. The highest BCUT2D eigenvalue weighted by molar-refractivity contribution is 6.31. The fraction of sp³-hybridized carbons (Fsp3) is 0.450. The number of imidazole rings is 1. The maximum atomic E-state index is 13.1. The van der Waals surface area contributed by atoms with Crippen LogP contribution in [-0.4, -0.2) is 26.1 Å². The van der Waals surface area contributed by atoms with Crippen LogP contribution in [0.2, 0.25) is 5.02 Å². The van der Waals surface area contributed by atoms with Crippen molar-refractivity contribution >= 4 is 34.4 Å². The van der Waals surface area contributed by atoms with E-state index in [9.17, 15) is 13.2 Å². The van der Waals surface area contributed by atoms with Crippen LogP contribution >= 0.6 is 11.6 Å². The zero-order valence-electron chi connectivity index (χ0n) is 16.2. The quantitative estimate of drug-likeness (QED) is 0.570. The molecular formula is C20H22ClF3N6. The van der Waals surface area contributed by atoms with Crippen LogP contribution in [0.5, 0.6) is 0 Å². The van der Waals surface area contributed by atoms with E-state index in [1.54, 1.807) is 10.8 Å². The maximum absolute atomic E-state index is 13.1. The Kier molecular flexibility index (Phi) is 5.84. The molecule has 4 rings (SSSR count). The molecule has 0 spiro atoms. The summed E-state index contributed by atoms with van der Waals surface area (Å²) in [6.45, 7) is 0.733. The van der Waals surface area contributed by atoms with Gasteiger partial charge in [-0.1, -0.05) is 37.3 Å². The largest absolute Gasteiger partial charge is 0.416 e. The number of fused-ring (bicyclic) bond motifs is 1. The molecule has 1 aliphatic rings. The van der Waals surface area contributed by atoms with Crippen LogP contribution in [0, 0.1) is 5.92 Å². The summed E-state index contributed by atoms with van der Waals surface area (Å²) in [5, 5.41) is 2.92. The van der Waals surface area contributed by atoms with Crippen molar-refractivity contribution in [2.75, 3.05) is 11.9 Å². The molecule has 1 saturated carbocycles. The maximum Gasteiger partial charge on any atom is 0.416 e. The van der Waals surface area contributed by atoms with Crippen molar-refractivity contribution in [3.63, 3.8) is 0 Å². The molecule has 0 saturated heterocycles. The van der Waals surface area contributed by atoms with E-state index < -0.39 is 11.7 Å². The molecule has 0 radical (unpaired) electrons. The van der Waals surface area contributed by atoms with Crippen molar-refractivity contribution in [1.29, 1.82) is 0 Å². The Morgan fingerprint density at radius 1 is 1.17 bits per heavy atom. The summed E-state index contributed by atoms with van der Waals surface area (Å²) >= 11 is 5.89. The van der Waals surface area contributed by atoms with Gasteiger partial charge in [0, 0.05) is 30.2 Å². The van der Waals surface area contributed by atoms with Crippen molar-refractivity contribution in [2.24, 2.45) is 11.7 Å². The normalized spacial score (nSPS) is 15.2. The first-order chi connectivity index (χ1) is 14.3. The Morgan fingerprint density at radius 3 is 2.63 bits per heavy atom. The number of benzene rings is 1. The Hall–Kier alpha value is -2.39. The van der Waals surface area contributed by atoms with E-state index in [0.717, 1.165) is 24.4 Å². The summed E-state index contributed by atoms with van der Waals surface area (Å²) in [6, 6.07) is 3.30. The lowest BCUT2D eigenvalue weighted by atomic mass is 10.0. The van der Waals surface area contributed by atoms with E-state index in [1.165, 1.54) is 31.7 Å². The third kappa shape index (κ3) is 4.52. The van der Waals surface area contributed by atoms with Gasteiger partial charge in [0.25, 0.3) is 0 Å². The molecule has 3 N–H and O–H groups in total. The van der Waals surface area contributed by atoms with Gasteiger partial charge in [0.05, 0.1) is 11.8 Å². The number of halogens is 4. The van der Waals surface area contributed by atoms with E-state index in [2.05, 4.69) is 20.3 Å². The predicted molar refractivity (Wildman–Crippen MR) is 110 cm³/mol. The zero-order chi connectivity index (χ0) is 21.3. The minimum absolute atomic E-state index is 0.0209. The lowest BCUT2D eigenvalue weighted by Gasteiger charge is -2.13. The van der Waals surface area contributed by atoms with Gasteiger partial charge in [0.2, 0.25) is 5.95 Å². The van der Waals surface area contributed by atoms with Crippen molar-refractivity contribution in [3.05, 3.63) is 40.8 Å². The lowest BCUT2D eigenvalue weighted by Crippen LogP contribution is -2.13. The Balaban J connectivity index is 1.68. The molecule has 30 heavy (non-hydrogen) atoms. The van der Waals surface area contributed by atoms with Crippen molar-refractivity contribution in [1.82, 2.24) is 19.5 Å². The second-order valence-corrected chi connectivity index (χ2v) is 8.01. The Labute approximate surface area is 176 Å². The van der Waals surface area contributed by atoms with Crippen LogP contribution < -0.4 is 11.1 Å². The number of alkyl halides is 3. The van der Waals surface area contributed by atoms with Crippen LogP contribution in [0.25, 0.3) is 11.2 Å². The van der Waals surface area contributed by atoms with E-state index in [0.29, 0.717) is 36.1 Å². The van der Waals surface area contributed by atoms with Crippen LogP contribution in [0.1, 0.15) is 37.1 Å². The number of nitrogens with one attached hydrogen (secondary N) is 1. The van der Waals surface area contributed by atoms with Gasteiger partial charge in [-0.25, -0.2) is 15.0 Å². The zero-order valence-corrected chi connectivity index (χ0v) is 17.0. The molecule has 0 unspecified atom stereocenters. The molecule has 2 heterocycles. The summed E-state index contributed by atoms with van der Waals surface area (Å²) in [5.41, 5.74) is 6.28. The topological polar surface area (TPSA) is 81.6 Å². The molecule has 2 aromatic heterocycles. The number of aromatic nitrogens is 4. The fourth-order valence-corrected chi connectivity index (χ4v) is 4.15. The third-order valence-corrected chi connectivity index (χ3v) is 5.54. The molecule has 0 amide bonds. The second-order valence-electron chi connectivity index (χ2n) is 7.58. The fourth-order valence-electron chi connectivity index (χ4n) is 3.92. The number of anilines is 2. The summed E-state index contributed by atoms with van der Waals surface area (Å²) < 4.78 is 41.1. The Bertz CT molecular complexity index is 1040. The number of nitrogens with zero attached hydrogens (tertiary/aromatic N) is 4. The first-order valence-corrected chi connectivity index (χ1v) is 10.3. The SMILES string of the molecule is NCCn1c(Nc2cc(Cl)cc(C(F)(F)F)c2)nc2cnc(CC3CCCC3)nc21. The number of hydrogen-bond acceptors (Lipinski definition) is 5. The summed E-state index contributed by atoms with van der Waals surface area (Å²) in [5.74, 6) is 1.69. The standard InChI is InChI=1S/C20H22ClF3N6/c21-14-8-13(20(22,23)24)9-15(10-14)27-19-28-16-11-26-17(7-12-3-1-2-4-12)29-18(16)30(19)6-5-25/h8-12H,1-7,25H2,(H,27,28). The summed E-state index contributed by atoms with van der Waals surface area (Å²) in [4.78, 5) is 13.6. The van der Waals surface area contributed by atoms with Gasteiger partial charge in [-0.3, -0.25) is 4.57 Å². The third-order valence-electron chi connectivity index (χ3n) is 5.32. The van der Waals surface area contributed by atoms with E-state index in [-0.39, 0.29) is 10.7 Å². The molecule has 3 aromatic rings. The molecule has 10 heteroatoms. The van der Waals surface area contributed by atoms with Crippen molar-refractivity contribution in [2.45, 2.75) is 44.8 Å². The minimum atomic E-state index is -4.50. The van der Waals surface area contributed by atoms with Crippen molar-refractivity contribution < 1.29 is 13.2 Å². The molecule has 0 aliphatic heterocycles. The second kappa shape index (κ2) is 8.39. The molecule has 0 atom stereocenters. The van der Waals surface area contributed by atoms with E-state index in [1.807, 2.05) is 0 Å². The van der Waals surface area contributed by atoms with Crippen LogP contribution in [-0.2, 0) is 19.1 Å². The highest BCUT2D eigenvalue weighted by Crippen LogP contribution is 2.34. The smallest absolute Gasteiger partial charge is 0.329 e. The predicted octanol–water partition coefficient (Wildman–Crippen LogP) is 4.93. The Morgan fingerprint density at radius 2 is 1.93 bits per heavy atom. The van der Waals surface area contributed by atoms with Crippen molar-refractivity contribution in [3.8, 4) is 0 Å². The van der Waals surface area contributed by atoms with Crippen LogP contribution in [0.15, 0.2) is 24.4 Å². The molecule has 160 valence electrons. The number of nitrogens with two attached hydrogens (primary N) is 1. The molecular weight excluding hydrogens is 417 g/mol. The van der Waals surface area contributed by atoms with Gasteiger partial charge in [-0.2, -0.15) is 13.2 Å². The van der Waals surface area contributed by atoms with Gasteiger partial charge in [-0.05, 0) is 24.1 Å². The lowest BCUT2D eigenvalue weighted by molar-refractivity contribution is -0.137. The van der Waals surface area contributed by atoms with E-state index in [4.69, 9.17) is 17.3 Å². The molecule has 1 aromatic carbocycles. The van der Waals surface area contributed by atoms with Crippen LogP contribution in [0.4, 0.5) is 24.8 Å². The first kappa shape index (κ1) is 20.9. The van der Waals surface area contributed by atoms with Gasteiger partial charge >= 0.3 is 6.18 Å². The summed E-state index contributed by atoms with van der Waals surface area (Å²) in [6.07, 6.45) is 2.83. The number of hydrogen-bond donors (Lipinski definition) is 2. The van der Waals surface area contributed by atoms with Gasteiger partial charge in [0.15, 0.2) is 5.65 Å². The average molecular weight is 439 g/mol. The molecule has 1 aliphatic carbocycles. The van der Waals surface area contributed by atoms with Gasteiger partial charge in [0.1, 0.15) is 11.3 Å².